The first-order valence-corrected chi connectivity index (χ1v) is 9.13. The summed E-state index contributed by atoms with van der Waals surface area (Å²) in [6.45, 7) is 5.36. The Morgan fingerprint density at radius 3 is 2.65 bits per heavy atom. The summed E-state index contributed by atoms with van der Waals surface area (Å²) in [6.07, 6.45) is 2.21. The van der Waals surface area contributed by atoms with Crippen molar-refractivity contribution in [2.75, 3.05) is 6.54 Å². The lowest BCUT2D eigenvalue weighted by atomic mass is 10.00. The van der Waals surface area contributed by atoms with Gasteiger partial charge in [-0.1, -0.05) is 30.3 Å². The van der Waals surface area contributed by atoms with E-state index in [0.717, 1.165) is 41.9 Å². The number of hydrogen-bond donors (Lipinski definition) is 1. The van der Waals surface area contributed by atoms with Crippen LogP contribution in [0.25, 0.3) is 5.57 Å². The van der Waals surface area contributed by atoms with E-state index >= 15 is 0 Å². The average Bonchev–Trinajstić information content (AvgIpc) is 3.14. The summed E-state index contributed by atoms with van der Waals surface area (Å²) in [4.78, 5) is 24.5. The summed E-state index contributed by atoms with van der Waals surface area (Å²) >= 11 is 0. The van der Waals surface area contributed by atoms with Gasteiger partial charge in [0.15, 0.2) is 5.78 Å². The molecular formula is C21H25N3O2. The minimum atomic E-state index is -0.0861. The molecule has 0 saturated carbocycles. The van der Waals surface area contributed by atoms with E-state index in [4.69, 9.17) is 0 Å². The zero-order valence-electron chi connectivity index (χ0n) is 15.4. The van der Waals surface area contributed by atoms with E-state index in [1.54, 1.807) is 0 Å². The number of nitrogens with one attached hydrogen (secondary N) is 1. The lowest BCUT2D eigenvalue weighted by Gasteiger charge is -2.09. The molecular weight excluding hydrogens is 326 g/mol. The monoisotopic (exact) mass is 351 g/mol. The fourth-order valence-electron chi connectivity index (χ4n) is 3.45. The van der Waals surface area contributed by atoms with E-state index in [1.165, 1.54) is 0 Å². The molecule has 0 bridgehead atoms. The van der Waals surface area contributed by atoms with Gasteiger partial charge in [-0.15, -0.1) is 0 Å². The normalized spacial score (nSPS) is 14.2. The van der Waals surface area contributed by atoms with E-state index in [9.17, 15) is 9.59 Å². The highest BCUT2D eigenvalue weighted by Gasteiger charge is 2.25. The number of carbonyl (C=O) groups excluding carboxylic acids is 2. The molecule has 0 aliphatic heterocycles. The molecule has 0 radical (unpaired) electrons. The summed E-state index contributed by atoms with van der Waals surface area (Å²) in [5, 5.41) is 7.35. The van der Waals surface area contributed by atoms with Crippen LogP contribution in [0.4, 0.5) is 0 Å². The van der Waals surface area contributed by atoms with Crippen molar-refractivity contribution in [1.29, 1.82) is 0 Å². The first kappa shape index (κ1) is 18.1. The van der Waals surface area contributed by atoms with Gasteiger partial charge in [-0.05, 0) is 43.9 Å². The minimum Gasteiger partial charge on any atom is -0.356 e. The van der Waals surface area contributed by atoms with Crippen LogP contribution in [-0.4, -0.2) is 28.0 Å². The fourth-order valence-corrected chi connectivity index (χ4v) is 3.45. The van der Waals surface area contributed by atoms with E-state index < -0.39 is 0 Å². The van der Waals surface area contributed by atoms with Gasteiger partial charge in [0.05, 0.1) is 12.1 Å². The number of aryl methyl sites for hydroxylation is 3. The Labute approximate surface area is 154 Å². The zero-order chi connectivity index (χ0) is 18.5. The molecule has 5 nitrogen and oxygen atoms in total. The number of nitrogens with zero attached hydrogens (tertiary/aromatic N) is 2. The number of Topliss-reactive ketones (excluding diaryl/α,β-unsaturated/α-hetero) is 1. The van der Waals surface area contributed by atoms with E-state index in [1.807, 2.05) is 54.9 Å². The second-order valence-corrected chi connectivity index (χ2v) is 6.78. The molecule has 1 aromatic heterocycles. The molecule has 5 heteroatoms. The van der Waals surface area contributed by atoms with Crippen LogP contribution < -0.4 is 5.32 Å². The predicted octanol–water partition coefficient (Wildman–Crippen LogP) is 3.21. The number of rotatable bonds is 7. The molecule has 136 valence electrons. The quantitative estimate of drug-likeness (QED) is 0.779. The number of hydrogen-bond acceptors (Lipinski definition) is 3. The first-order valence-electron chi connectivity index (χ1n) is 9.13. The zero-order valence-corrected chi connectivity index (χ0v) is 15.4. The Balaban J connectivity index is 1.53. The number of aromatic nitrogens is 2. The highest BCUT2D eigenvalue weighted by molar-refractivity contribution is 6.10. The van der Waals surface area contributed by atoms with Crippen LogP contribution in [0, 0.1) is 13.8 Å². The van der Waals surface area contributed by atoms with Crippen LogP contribution in [0.2, 0.25) is 0 Å². The molecule has 0 spiro atoms. The van der Waals surface area contributed by atoms with Gasteiger partial charge in [-0.2, -0.15) is 5.10 Å². The number of amides is 1. The lowest BCUT2D eigenvalue weighted by molar-refractivity contribution is -0.122. The van der Waals surface area contributed by atoms with Crippen molar-refractivity contribution in [1.82, 2.24) is 15.1 Å². The molecule has 1 heterocycles. The fraction of sp³-hybridized carbons (Fsp3) is 0.381. The number of ketones is 1. The number of benzene rings is 1. The van der Waals surface area contributed by atoms with Crippen molar-refractivity contribution in [3.63, 3.8) is 0 Å². The Hall–Kier alpha value is -2.69. The van der Waals surface area contributed by atoms with Crippen LogP contribution in [0.3, 0.4) is 0 Å². The van der Waals surface area contributed by atoms with Crippen LogP contribution in [0.15, 0.2) is 42.0 Å². The van der Waals surface area contributed by atoms with E-state index in [2.05, 4.69) is 10.4 Å². The SMILES string of the molecule is Cc1cc(C)n(CCCNC(=O)CC2=C(c3ccccc3)CCC2=O)n1. The van der Waals surface area contributed by atoms with Crippen molar-refractivity contribution >= 4 is 17.3 Å². The second kappa shape index (κ2) is 8.13. The Morgan fingerprint density at radius 1 is 1.19 bits per heavy atom. The molecule has 0 atom stereocenters. The number of allylic oxidation sites excluding steroid dienone is 1. The van der Waals surface area contributed by atoms with Gasteiger partial charge >= 0.3 is 0 Å². The third kappa shape index (κ3) is 4.28. The maximum Gasteiger partial charge on any atom is 0.224 e. The highest BCUT2D eigenvalue weighted by Crippen LogP contribution is 2.33. The summed E-state index contributed by atoms with van der Waals surface area (Å²) in [5.41, 5.74) is 4.88. The van der Waals surface area contributed by atoms with Crippen molar-refractivity contribution in [3.8, 4) is 0 Å². The van der Waals surface area contributed by atoms with Gasteiger partial charge < -0.3 is 5.32 Å². The van der Waals surface area contributed by atoms with Crippen LogP contribution in [-0.2, 0) is 16.1 Å². The Bertz CT molecular complexity index is 834. The molecule has 3 rings (SSSR count). The summed E-state index contributed by atoms with van der Waals surface area (Å²) in [6, 6.07) is 11.9. The molecule has 2 aromatic rings. The second-order valence-electron chi connectivity index (χ2n) is 6.78. The van der Waals surface area contributed by atoms with Gasteiger partial charge in [-0.3, -0.25) is 14.3 Å². The minimum absolute atomic E-state index is 0.0861. The van der Waals surface area contributed by atoms with Crippen LogP contribution in [0.5, 0.6) is 0 Å². The molecule has 1 aliphatic rings. The van der Waals surface area contributed by atoms with Gasteiger partial charge in [0, 0.05) is 30.8 Å². The van der Waals surface area contributed by atoms with Crippen LogP contribution in [0.1, 0.15) is 42.6 Å². The highest BCUT2D eigenvalue weighted by atomic mass is 16.2. The maximum absolute atomic E-state index is 12.3. The van der Waals surface area contributed by atoms with Crippen molar-refractivity contribution in [3.05, 3.63) is 58.9 Å². The summed E-state index contributed by atoms with van der Waals surface area (Å²) in [7, 11) is 0. The standard InChI is InChI=1S/C21H25N3O2/c1-15-13-16(2)24(23-15)12-6-11-22-21(26)14-19-18(9-10-20(19)25)17-7-4-3-5-8-17/h3-5,7-8,13H,6,9-12,14H2,1-2H3,(H,22,26). The lowest BCUT2D eigenvalue weighted by Crippen LogP contribution is -2.26. The summed E-state index contributed by atoms with van der Waals surface area (Å²) in [5.74, 6) is 0.0127. The van der Waals surface area contributed by atoms with E-state index in [-0.39, 0.29) is 18.1 Å². The van der Waals surface area contributed by atoms with Gasteiger partial charge in [-0.25, -0.2) is 0 Å². The molecule has 0 saturated heterocycles. The Morgan fingerprint density at radius 2 is 1.96 bits per heavy atom. The predicted molar refractivity (Wildman–Crippen MR) is 102 cm³/mol. The van der Waals surface area contributed by atoms with E-state index in [0.29, 0.717) is 18.5 Å². The first-order chi connectivity index (χ1) is 12.5. The molecule has 0 unspecified atom stereocenters. The third-order valence-corrected chi connectivity index (χ3v) is 4.73. The number of carbonyl (C=O) groups is 2. The largest absolute Gasteiger partial charge is 0.356 e. The van der Waals surface area contributed by atoms with Crippen molar-refractivity contribution in [2.45, 2.75) is 46.1 Å². The molecule has 26 heavy (non-hydrogen) atoms. The third-order valence-electron chi connectivity index (χ3n) is 4.73. The molecule has 1 aliphatic carbocycles. The maximum atomic E-state index is 12.3. The molecule has 0 fully saturated rings. The average molecular weight is 351 g/mol. The molecule has 1 aromatic carbocycles. The molecule has 1 amide bonds. The topological polar surface area (TPSA) is 64.0 Å². The smallest absolute Gasteiger partial charge is 0.224 e. The van der Waals surface area contributed by atoms with Gasteiger partial charge in [0.25, 0.3) is 0 Å². The van der Waals surface area contributed by atoms with Gasteiger partial charge in [0.2, 0.25) is 5.91 Å². The molecule has 1 N–H and O–H groups in total. The summed E-state index contributed by atoms with van der Waals surface area (Å²) < 4.78 is 1.96. The van der Waals surface area contributed by atoms with Crippen molar-refractivity contribution in [2.24, 2.45) is 0 Å². The van der Waals surface area contributed by atoms with Crippen LogP contribution >= 0.6 is 0 Å². The van der Waals surface area contributed by atoms with Gasteiger partial charge in [0.1, 0.15) is 0 Å². The van der Waals surface area contributed by atoms with Crippen molar-refractivity contribution < 1.29 is 9.59 Å². The Kier molecular flexibility index (Phi) is 5.66.